The van der Waals surface area contributed by atoms with Crippen molar-refractivity contribution in [2.24, 2.45) is 0 Å². The zero-order chi connectivity index (χ0) is 24.4. The molecule has 0 unspecified atom stereocenters. The first-order chi connectivity index (χ1) is 15.3. The summed E-state index contributed by atoms with van der Waals surface area (Å²) in [4.78, 5) is 12.3. The van der Waals surface area contributed by atoms with Crippen LogP contribution in [0.5, 0.6) is 11.5 Å². The van der Waals surface area contributed by atoms with E-state index in [2.05, 4.69) is 0 Å². The minimum atomic E-state index is -0.530. The van der Waals surface area contributed by atoms with E-state index >= 15 is 0 Å². The Kier molecular flexibility index (Phi) is 7.15. The van der Waals surface area contributed by atoms with Crippen LogP contribution in [0.3, 0.4) is 0 Å². The Morgan fingerprint density at radius 1 is 1.00 bits per heavy atom. The fraction of sp³-hybridized carbons (Fsp3) is 0.500. The van der Waals surface area contributed by atoms with Crippen molar-refractivity contribution in [3.05, 3.63) is 53.6 Å². The number of hydrogen-bond donors (Lipinski definition) is 0. The second kappa shape index (κ2) is 9.39. The first kappa shape index (κ1) is 25.1. The number of carbonyl (C=O) groups is 1. The molecule has 3 rings (SSSR count). The number of rotatable bonds is 7. The van der Waals surface area contributed by atoms with Gasteiger partial charge in [-0.15, -0.1) is 0 Å². The molecule has 0 aliphatic carbocycles. The molecule has 0 saturated carbocycles. The van der Waals surface area contributed by atoms with Crippen molar-refractivity contribution < 1.29 is 28.3 Å². The predicted octanol–water partition coefficient (Wildman–Crippen LogP) is 4.46. The van der Waals surface area contributed by atoms with Crippen molar-refractivity contribution in [3.8, 4) is 11.5 Å². The van der Waals surface area contributed by atoms with Crippen molar-refractivity contribution in [1.29, 1.82) is 0 Å². The molecule has 0 bridgehead atoms. The molecular weight excluding hydrogens is 419 g/mol. The van der Waals surface area contributed by atoms with E-state index in [0.29, 0.717) is 18.1 Å². The van der Waals surface area contributed by atoms with Gasteiger partial charge in [0, 0.05) is 5.56 Å². The average Bonchev–Trinajstić information content (AvgIpc) is 2.93. The maximum absolute atomic E-state index is 12.3. The van der Waals surface area contributed by atoms with Gasteiger partial charge in [-0.25, -0.2) is 0 Å². The summed E-state index contributed by atoms with van der Waals surface area (Å²) in [6.07, 6.45) is 0.144. The zero-order valence-electron chi connectivity index (χ0n) is 21.0. The van der Waals surface area contributed by atoms with Crippen LogP contribution in [0.15, 0.2) is 42.5 Å². The minimum Gasteiger partial charge on any atom is -0.497 e. The molecular formula is C26H35BO6. The van der Waals surface area contributed by atoms with E-state index in [1.165, 1.54) is 0 Å². The number of carbonyl (C=O) groups excluding carboxylic acids is 1. The van der Waals surface area contributed by atoms with Gasteiger partial charge in [0.1, 0.15) is 23.7 Å². The molecule has 2 aromatic rings. The monoisotopic (exact) mass is 454 g/mol. The lowest BCUT2D eigenvalue weighted by molar-refractivity contribution is -0.153. The summed E-state index contributed by atoms with van der Waals surface area (Å²) in [7, 11) is 1.13. The van der Waals surface area contributed by atoms with Gasteiger partial charge < -0.3 is 23.5 Å². The van der Waals surface area contributed by atoms with Crippen molar-refractivity contribution in [3.63, 3.8) is 0 Å². The molecule has 1 aliphatic rings. The summed E-state index contributed by atoms with van der Waals surface area (Å²) in [6.45, 7) is 14.0. The number of esters is 1. The lowest BCUT2D eigenvalue weighted by Crippen LogP contribution is -2.41. The molecule has 178 valence electrons. The third-order valence-electron chi connectivity index (χ3n) is 5.87. The number of para-hydroxylation sites is 1. The standard InChI is InChI=1S/C26H35BO6/c1-24(2,3)31-23(28)15-19-11-9-10-12-22(19)30-17-18-13-20(16-21(14-18)29-8)27-32-25(4,5)26(6,7)33-27/h9-14,16H,15,17H2,1-8H3. The highest BCUT2D eigenvalue weighted by atomic mass is 16.7. The fourth-order valence-corrected chi connectivity index (χ4v) is 3.49. The van der Waals surface area contributed by atoms with E-state index in [4.69, 9.17) is 23.5 Å². The lowest BCUT2D eigenvalue weighted by Gasteiger charge is -2.32. The third-order valence-corrected chi connectivity index (χ3v) is 5.87. The summed E-state index contributed by atoms with van der Waals surface area (Å²) in [5.41, 5.74) is 1.16. The fourth-order valence-electron chi connectivity index (χ4n) is 3.49. The molecule has 0 amide bonds. The molecule has 0 N–H and O–H groups in total. The topological polar surface area (TPSA) is 63.2 Å². The van der Waals surface area contributed by atoms with E-state index in [-0.39, 0.29) is 12.4 Å². The van der Waals surface area contributed by atoms with Crippen LogP contribution in [0.4, 0.5) is 0 Å². The van der Waals surface area contributed by atoms with Crippen molar-refractivity contribution in [2.75, 3.05) is 7.11 Å². The minimum absolute atomic E-state index is 0.144. The van der Waals surface area contributed by atoms with Crippen LogP contribution < -0.4 is 14.9 Å². The zero-order valence-corrected chi connectivity index (χ0v) is 21.0. The van der Waals surface area contributed by atoms with Crippen molar-refractivity contribution in [1.82, 2.24) is 0 Å². The summed E-state index contributed by atoms with van der Waals surface area (Å²) >= 11 is 0. The molecule has 1 saturated heterocycles. The van der Waals surface area contributed by atoms with E-state index in [9.17, 15) is 4.79 Å². The smallest absolute Gasteiger partial charge is 0.494 e. The van der Waals surface area contributed by atoms with Crippen LogP contribution in [0.1, 0.15) is 59.6 Å². The second-order valence-corrected chi connectivity index (χ2v) is 10.4. The first-order valence-electron chi connectivity index (χ1n) is 11.3. The summed E-state index contributed by atoms with van der Waals surface area (Å²) in [6, 6.07) is 13.3. The highest BCUT2D eigenvalue weighted by molar-refractivity contribution is 6.62. The van der Waals surface area contributed by atoms with Gasteiger partial charge in [-0.3, -0.25) is 4.79 Å². The Morgan fingerprint density at radius 3 is 2.24 bits per heavy atom. The Bertz CT molecular complexity index is 977. The van der Waals surface area contributed by atoms with E-state index in [0.717, 1.165) is 16.6 Å². The Balaban J connectivity index is 1.76. The van der Waals surface area contributed by atoms with Crippen LogP contribution in [0.2, 0.25) is 0 Å². The van der Waals surface area contributed by atoms with E-state index < -0.39 is 23.9 Å². The lowest BCUT2D eigenvalue weighted by atomic mass is 9.78. The molecule has 2 aromatic carbocycles. The normalized spacial score (nSPS) is 17.0. The number of hydrogen-bond acceptors (Lipinski definition) is 6. The second-order valence-electron chi connectivity index (χ2n) is 10.4. The van der Waals surface area contributed by atoms with Gasteiger partial charge in [0.25, 0.3) is 0 Å². The molecule has 7 heteroatoms. The van der Waals surface area contributed by atoms with E-state index in [1.807, 2.05) is 90.9 Å². The Hall–Kier alpha value is -2.51. The molecule has 0 atom stereocenters. The third kappa shape index (κ3) is 6.30. The van der Waals surface area contributed by atoms with Crippen molar-refractivity contribution in [2.45, 2.75) is 78.3 Å². The van der Waals surface area contributed by atoms with Gasteiger partial charge in [-0.2, -0.15) is 0 Å². The molecule has 0 radical (unpaired) electrons. The van der Waals surface area contributed by atoms with Gasteiger partial charge in [-0.1, -0.05) is 24.3 Å². The average molecular weight is 454 g/mol. The van der Waals surface area contributed by atoms with Crippen LogP contribution >= 0.6 is 0 Å². The highest BCUT2D eigenvalue weighted by Gasteiger charge is 2.51. The quantitative estimate of drug-likeness (QED) is 0.455. The summed E-state index contributed by atoms with van der Waals surface area (Å²) in [5.74, 6) is 1.05. The van der Waals surface area contributed by atoms with Crippen LogP contribution in [0.25, 0.3) is 0 Å². The molecule has 1 heterocycles. The van der Waals surface area contributed by atoms with Gasteiger partial charge in [0.2, 0.25) is 0 Å². The molecule has 33 heavy (non-hydrogen) atoms. The molecule has 1 aliphatic heterocycles. The number of methoxy groups -OCH3 is 1. The predicted molar refractivity (Wildman–Crippen MR) is 129 cm³/mol. The van der Waals surface area contributed by atoms with Crippen LogP contribution in [0, 0.1) is 0 Å². The SMILES string of the molecule is COc1cc(COc2ccccc2CC(=O)OC(C)(C)C)cc(B2OC(C)(C)C(C)(C)O2)c1. The van der Waals surface area contributed by atoms with Gasteiger partial charge in [0.15, 0.2) is 0 Å². The summed E-state index contributed by atoms with van der Waals surface area (Å²) in [5, 5.41) is 0. The van der Waals surface area contributed by atoms with Crippen LogP contribution in [-0.2, 0) is 31.9 Å². The molecule has 1 fully saturated rings. The molecule has 0 spiro atoms. The molecule has 0 aromatic heterocycles. The summed E-state index contributed by atoms with van der Waals surface area (Å²) < 4.78 is 29.5. The number of ether oxygens (including phenoxy) is 3. The first-order valence-corrected chi connectivity index (χ1v) is 11.3. The van der Waals surface area contributed by atoms with Crippen LogP contribution in [-0.4, -0.2) is 37.0 Å². The largest absolute Gasteiger partial charge is 0.497 e. The maximum atomic E-state index is 12.3. The Labute approximate surface area is 197 Å². The van der Waals surface area contributed by atoms with Gasteiger partial charge in [0.05, 0.1) is 24.7 Å². The maximum Gasteiger partial charge on any atom is 0.494 e. The van der Waals surface area contributed by atoms with Gasteiger partial charge >= 0.3 is 13.1 Å². The highest BCUT2D eigenvalue weighted by Crippen LogP contribution is 2.36. The number of benzene rings is 2. The van der Waals surface area contributed by atoms with Gasteiger partial charge in [-0.05, 0) is 77.7 Å². The molecule has 6 nitrogen and oxygen atoms in total. The van der Waals surface area contributed by atoms with E-state index in [1.54, 1.807) is 7.11 Å². The Morgan fingerprint density at radius 2 is 1.64 bits per heavy atom. The van der Waals surface area contributed by atoms with Crippen molar-refractivity contribution >= 4 is 18.6 Å².